The predicted molar refractivity (Wildman–Crippen MR) is 38.0 cm³/mol. The van der Waals surface area contributed by atoms with Crippen molar-refractivity contribution >= 4 is 16.0 Å². The van der Waals surface area contributed by atoms with Crippen molar-refractivity contribution in [3.63, 3.8) is 0 Å². The van der Waals surface area contributed by atoms with Crippen LogP contribution in [-0.4, -0.2) is 33.2 Å². The summed E-state index contributed by atoms with van der Waals surface area (Å²) >= 11 is 0. The quantitative estimate of drug-likeness (QED) is 0.478. The summed E-state index contributed by atoms with van der Waals surface area (Å²) in [6.45, 7) is -0.409. The molecule has 4 N–H and O–H groups in total. The minimum atomic E-state index is -3.54. The normalized spacial score (nSPS) is 14.4. The molecular formula is C4H10N2O4S. The van der Waals surface area contributed by atoms with Crippen LogP contribution in [-0.2, 0) is 19.1 Å². The molecule has 1 amide bonds. The molecule has 0 heterocycles. The van der Waals surface area contributed by atoms with E-state index in [1.165, 1.54) is 0 Å². The molecule has 0 aromatic heterocycles. The fraction of sp³-hybridized carbons (Fsp3) is 0.750. The third-order valence-electron chi connectivity index (χ3n) is 0.827. The Balaban J connectivity index is 3.82. The molecule has 1 unspecified atom stereocenters. The van der Waals surface area contributed by atoms with Crippen molar-refractivity contribution < 1.29 is 17.4 Å². The van der Waals surface area contributed by atoms with E-state index >= 15 is 0 Å². The van der Waals surface area contributed by atoms with Gasteiger partial charge in [-0.25, -0.2) is 0 Å². The first-order valence-electron chi connectivity index (χ1n) is 2.72. The van der Waals surface area contributed by atoms with E-state index in [2.05, 4.69) is 4.18 Å². The number of carbonyl (C=O) groups is 1. The Hall–Kier alpha value is -0.660. The third kappa shape index (κ3) is 5.77. The van der Waals surface area contributed by atoms with Crippen molar-refractivity contribution in [2.24, 2.45) is 11.5 Å². The Labute approximate surface area is 64.6 Å². The van der Waals surface area contributed by atoms with Gasteiger partial charge in [-0.2, -0.15) is 8.42 Å². The zero-order valence-electron chi connectivity index (χ0n) is 5.98. The van der Waals surface area contributed by atoms with Crippen LogP contribution in [0.4, 0.5) is 0 Å². The van der Waals surface area contributed by atoms with E-state index in [-0.39, 0.29) is 0 Å². The maximum absolute atomic E-state index is 10.3. The van der Waals surface area contributed by atoms with Crippen LogP contribution in [0.5, 0.6) is 0 Å². The molecule has 0 saturated carbocycles. The molecule has 0 aliphatic rings. The molecule has 0 radical (unpaired) electrons. The first-order valence-corrected chi connectivity index (χ1v) is 4.54. The highest BCUT2D eigenvalue weighted by Gasteiger charge is 2.12. The Kier molecular flexibility index (Phi) is 3.43. The average molecular weight is 182 g/mol. The summed E-state index contributed by atoms with van der Waals surface area (Å²) in [4.78, 5) is 10.2. The van der Waals surface area contributed by atoms with Gasteiger partial charge in [-0.15, -0.1) is 0 Å². The van der Waals surface area contributed by atoms with Crippen LogP contribution in [0.2, 0.25) is 0 Å². The molecule has 66 valence electrons. The number of amides is 1. The van der Waals surface area contributed by atoms with Gasteiger partial charge in [0.2, 0.25) is 5.91 Å². The Bertz CT molecular complexity index is 234. The molecule has 0 bridgehead atoms. The van der Waals surface area contributed by atoms with Crippen LogP contribution in [0.25, 0.3) is 0 Å². The summed E-state index contributed by atoms with van der Waals surface area (Å²) < 4.78 is 24.9. The molecule has 0 fully saturated rings. The summed E-state index contributed by atoms with van der Waals surface area (Å²) in [7, 11) is -3.54. The standard InChI is InChI=1S/C4H10N2O4S/c1-11(8,9)10-2-3(5)4(6)7/h3H,2,5H2,1H3,(H2,6,7). The van der Waals surface area contributed by atoms with Gasteiger partial charge in [0.25, 0.3) is 10.1 Å². The van der Waals surface area contributed by atoms with Gasteiger partial charge in [0.1, 0.15) is 6.04 Å². The second-order valence-corrected chi connectivity index (χ2v) is 3.64. The van der Waals surface area contributed by atoms with Gasteiger partial charge in [0.05, 0.1) is 12.9 Å². The van der Waals surface area contributed by atoms with E-state index in [0.717, 1.165) is 6.26 Å². The van der Waals surface area contributed by atoms with Gasteiger partial charge in [0, 0.05) is 0 Å². The summed E-state index contributed by atoms with van der Waals surface area (Å²) in [6.07, 6.45) is 0.862. The van der Waals surface area contributed by atoms with E-state index in [9.17, 15) is 13.2 Å². The molecule has 0 aliphatic carbocycles. The zero-order chi connectivity index (χ0) is 9.07. The molecule has 0 aromatic carbocycles. The van der Waals surface area contributed by atoms with Crippen molar-refractivity contribution in [3.05, 3.63) is 0 Å². The highest BCUT2D eigenvalue weighted by molar-refractivity contribution is 7.85. The second kappa shape index (κ2) is 3.65. The molecule has 0 aromatic rings. The Morgan fingerprint density at radius 1 is 1.64 bits per heavy atom. The van der Waals surface area contributed by atoms with Crippen LogP contribution in [0.15, 0.2) is 0 Å². The summed E-state index contributed by atoms with van der Waals surface area (Å²) in [5.74, 6) is -0.798. The minimum Gasteiger partial charge on any atom is -0.368 e. The van der Waals surface area contributed by atoms with E-state index in [0.29, 0.717) is 0 Å². The lowest BCUT2D eigenvalue weighted by Crippen LogP contribution is -2.40. The zero-order valence-corrected chi connectivity index (χ0v) is 6.80. The van der Waals surface area contributed by atoms with Crippen LogP contribution in [0, 0.1) is 0 Å². The number of nitrogens with two attached hydrogens (primary N) is 2. The number of hydrogen-bond acceptors (Lipinski definition) is 5. The molecule has 0 rings (SSSR count). The maximum Gasteiger partial charge on any atom is 0.264 e. The Morgan fingerprint density at radius 2 is 2.09 bits per heavy atom. The average Bonchev–Trinajstić information content (AvgIpc) is 1.80. The summed E-state index contributed by atoms with van der Waals surface area (Å²) in [5.41, 5.74) is 9.79. The van der Waals surface area contributed by atoms with Gasteiger partial charge in [0.15, 0.2) is 0 Å². The fourth-order valence-corrected chi connectivity index (χ4v) is 0.673. The fourth-order valence-electron chi connectivity index (χ4n) is 0.279. The highest BCUT2D eigenvalue weighted by Crippen LogP contribution is 1.87. The van der Waals surface area contributed by atoms with E-state index in [1.807, 2.05) is 0 Å². The number of hydrogen-bond donors (Lipinski definition) is 2. The van der Waals surface area contributed by atoms with Crippen molar-refractivity contribution in [1.29, 1.82) is 0 Å². The van der Waals surface area contributed by atoms with Crippen molar-refractivity contribution in [3.8, 4) is 0 Å². The highest BCUT2D eigenvalue weighted by atomic mass is 32.2. The van der Waals surface area contributed by atoms with Gasteiger partial charge in [-0.3, -0.25) is 8.98 Å². The molecule has 0 spiro atoms. The van der Waals surface area contributed by atoms with Gasteiger partial charge in [-0.1, -0.05) is 0 Å². The topological polar surface area (TPSA) is 112 Å². The SMILES string of the molecule is CS(=O)(=O)OCC(N)C(N)=O. The third-order valence-corrected chi connectivity index (χ3v) is 1.39. The van der Waals surface area contributed by atoms with E-state index in [4.69, 9.17) is 11.5 Å². The van der Waals surface area contributed by atoms with Crippen LogP contribution in [0.3, 0.4) is 0 Å². The van der Waals surface area contributed by atoms with Crippen molar-refractivity contribution in [2.45, 2.75) is 6.04 Å². The summed E-state index contributed by atoms with van der Waals surface area (Å²) in [6, 6.07) is -1.08. The molecular weight excluding hydrogens is 172 g/mol. The Morgan fingerprint density at radius 3 is 2.36 bits per heavy atom. The number of carbonyl (C=O) groups excluding carboxylic acids is 1. The van der Waals surface area contributed by atoms with E-state index in [1.54, 1.807) is 0 Å². The number of primary amides is 1. The lowest BCUT2D eigenvalue weighted by molar-refractivity contribution is -0.119. The largest absolute Gasteiger partial charge is 0.368 e. The lowest BCUT2D eigenvalue weighted by Gasteiger charge is -2.05. The molecule has 0 aliphatic heterocycles. The molecule has 7 heteroatoms. The van der Waals surface area contributed by atoms with Gasteiger partial charge < -0.3 is 11.5 Å². The van der Waals surface area contributed by atoms with Gasteiger partial charge in [-0.05, 0) is 0 Å². The minimum absolute atomic E-state index is 0.409. The van der Waals surface area contributed by atoms with Gasteiger partial charge >= 0.3 is 0 Å². The molecule has 0 saturated heterocycles. The first kappa shape index (κ1) is 10.3. The second-order valence-electron chi connectivity index (χ2n) is 2.00. The molecule has 6 nitrogen and oxygen atoms in total. The van der Waals surface area contributed by atoms with Crippen LogP contribution < -0.4 is 11.5 Å². The molecule has 1 atom stereocenters. The van der Waals surface area contributed by atoms with Crippen molar-refractivity contribution in [2.75, 3.05) is 12.9 Å². The van der Waals surface area contributed by atoms with Crippen molar-refractivity contribution in [1.82, 2.24) is 0 Å². The monoisotopic (exact) mass is 182 g/mol. The summed E-state index contributed by atoms with van der Waals surface area (Å²) in [5, 5.41) is 0. The van der Waals surface area contributed by atoms with Crippen LogP contribution in [0.1, 0.15) is 0 Å². The first-order chi connectivity index (χ1) is 4.83. The maximum atomic E-state index is 10.3. The number of rotatable bonds is 4. The molecule has 11 heavy (non-hydrogen) atoms. The predicted octanol–water partition coefficient (Wildman–Crippen LogP) is -2.22. The van der Waals surface area contributed by atoms with Crippen LogP contribution >= 0.6 is 0 Å². The van der Waals surface area contributed by atoms with E-state index < -0.39 is 28.7 Å². The smallest absolute Gasteiger partial charge is 0.264 e. The lowest BCUT2D eigenvalue weighted by atomic mass is 10.3.